The number of hydrogen-bond acceptors (Lipinski definition) is 4. The van der Waals surface area contributed by atoms with Gasteiger partial charge in [0.2, 0.25) is 0 Å². The molecule has 0 aromatic heterocycles. The van der Waals surface area contributed by atoms with Gasteiger partial charge in [0.1, 0.15) is 12.9 Å². The summed E-state index contributed by atoms with van der Waals surface area (Å²) in [5, 5.41) is 2.63. The summed E-state index contributed by atoms with van der Waals surface area (Å²) in [6.07, 6.45) is 5.59. The Balaban J connectivity index is 3.73. The average Bonchev–Trinajstić information content (AvgIpc) is 2.22. The Hall–Kier alpha value is -0.510. The van der Waals surface area contributed by atoms with Gasteiger partial charge in [0.05, 0.1) is 13.2 Å². The minimum Gasteiger partial charge on any atom is -0.444 e. The van der Waals surface area contributed by atoms with Gasteiger partial charge in [0.25, 0.3) is 0 Å². The molecule has 0 radical (unpaired) electrons. The molecule has 0 aliphatic carbocycles. The first kappa shape index (κ1) is 18.5. The van der Waals surface area contributed by atoms with Gasteiger partial charge in [-0.05, 0) is 27.2 Å². The van der Waals surface area contributed by atoms with Gasteiger partial charge in [-0.25, -0.2) is 4.79 Å². The highest BCUT2D eigenvalue weighted by Gasteiger charge is 2.15. The van der Waals surface area contributed by atoms with Crippen LogP contribution in [-0.2, 0) is 13.8 Å². The summed E-state index contributed by atoms with van der Waals surface area (Å²) in [5.74, 6) is 0. The van der Waals surface area contributed by atoms with Crippen molar-refractivity contribution in [1.29, 1.82) is 0 Å². The lowest BCUT2D eigenvalue weighted by molar-refractivity contribution is 0.0519. The van der Waals surface area contributed by atoms with Crippen LogP contribution in [0.4, 0.5) is 4.79 Å². The van der Waals surface area contributed by atoms with E-state index in [-0.39, 0.29) is 0 Å². The van der Waals surface area contributed by atoms with E-state index in [2.05, 4.69) is 18.5 Å². The predicted molar refractivity (Wildman–Crippen MR) is 81.0 cm³/mol. The van der Waals surface area contributed by atoms with Gasteiger partial charge in [-0.15, -0.1) is 0 Å². The molecule has 1 unspecified atom stereocenters. The second-order valence-electron chi connectivity index (χ2n) is 5.46. The number of amides is 1. The monoisotopic (exact) mass is 293 g/mol. The van der Waals surface area contributed by atoms with Crippen LogP contribution in [-0.4, -0.2) is 44.4 Å². The summed E-state index contributed by atoms with van der Waals surface area (Å²) in [7, 11) is -2.02. The normalized spacial score (nSPS) is 14.8. The van der Waals surface area contributed by atoms with Gasteiger partial charge in [0.15, 0.2) is 0 Å². The van der Waals surface area contributed by atoms with Crippen LogP contribution in [0.2, 0.25) is 0 Å². The van der Waals surface area contributed by atoms with Gasteiger partial charge >= 0.3 is 6.09 Å². The zero-order valence-electron chi connectivity index (χ0n) is 12.8. The number of ether oxygens (including phenoxy) is 1. The Morgan fingerprint density at radius 3 is 2.37 bits per heavy atom. The van der Waals surface area contributed by atoms with Crippen LogP contribution in [0.3, 0.4) is 0 Å². The van der Waals surface area contributed by atoms with Crippen LogP contribution in [0.15, 0.2) is 0 Å². The molecule has 0 heterocycles. The van der Waals surface area contributed by atoms with E-state index in [0.717, 1.165) is 12.8 Å². The molecule has 0 rings (SSSR count). The van der Waals surface area contributed by atoms with Crippen molar-refractivity contribution >= 4 is 19.7 Å². The Morgan fingerprint density at radius 2 is 1.84 bits per heavy atom. The molecule has 1 N–H and O–H groups in total. The molecule has 0 spiro atoms. The van der Waals surface area contributed by atoms with Gasteiger partial charge in [0, 0.05) is 13.2 Å². The number of carbonyl (C=O) groups excluding carboxylic acids is 1. The van der Waals surface area contributed by atoms with E-state index < -0.39 is 19.0 Å². The van der Waals surface area contributed by atoms with Gasteiger partial charge in [-0.2, -0.15) is 0 Å². The zero-order valence-corrected chi connectivity index (χ0v) is 13.7. The fourth-order valence-electron chi connectivity index (χ4n) is 1.15. The summed E-state index contributed by atoms with van der Waals surface area (Å²) in [5.41, 5.74) is -0.484. The third kappa shape index (κ3) is 12.3. The Labute approximate surface area is 117 Å². The third-order valence-electron chi connectivity index (χ3n) is 2.00. The number of nitrogens with one attached hydrogen (secondary N) is 1. The zero-order chi connectivity index (χ0) is 14.9. The molecule has 1 amide bonds. The summed E-state index contributed by atoms with van der Waals surface area (Å²) in [6, 6.07) is 0. The smallest absolute Gasteiger partial charge is 0.407 e. The number of hydrogen-bond donors (Lipinski definition) is 1. The standard InChI is InChI=1S/C13H28NO4P/c1-7-8-10-16-19(5,6)17-11-9-14-12(15)18-13(2,3)4/h5,7-11H2,1-4,6H3,(H,14,15). The van der Waals surface area contributed by atoms with Crippen LogP contribution >= 0.6 is 7.34 Å². The maximum Gasteiger partial charge on any atom is 0.407 e. The first-order chi connectivity index (χ1) is 8.66. The Kier molecular flexibility index (Phi) is 8.39. The number of unbranched alkanes of at least 4 members (excludes halogenated alkanes) is 1. The molecule has 0 aromatic carbocycles. The van der Waals surface area contributed by atoms with Crippen molar-refractivity contribution < 1.29 is 18.6 Å². The largest absolute Gasteiger partial charge is 0.444 e. The molecule has 0 aliphatic heterocycles. The van der Waals surface area contributed by atoms with Crippen molar-refractivity contribution in [1.82, 2.24) is 5.32 Å². The first-order valence-corrected chi connectivity index (χ1v) is 8.89. The van der Waals surface area contributed by atoms with Crippen molar-refractivity contribution in [3.8, 4) is 0 Å². The van der Waals surface area contributed by atoms with E-state index in [1.54, 1.807) is 0 Å². The summed E-state index contributed by atoms with van der Waals surface area (Å²) < 4.78 is 16.3. The molecule has 6 heteroatoms. The first-order valence-electron chi connectivity index (χ1n) is 6.63. The number of alkyl carbamates (subject to hydrolysis) is 1. The SMILES string of the molecule is C=P(C)(OCCCC)OCCNC(=O)OC(C)(C)C. The molecule has 0 saturated heterocycles. The minimum atomic E-state index is -2.02. The molecule has 0 bridgehead atoms. The molecule has 0 aliphatic rings. The van der Waals surface area contributed by atoms with E-state index in [9.17, 15) is 4.79 Å². The summed E-state index contributed by atoms with van der Waals surface area (Å²) in [6.45, 7) is 10.9. The second kappa shape index (κ2) is 8.62. The van der Waals surface area contributed by atoms with Crippen molar-refractivity contribution in [2.24, 2.45) is 0 Å². The van der Waals surface area contributed by atoms with Crippen LogP contribution in [0, 0.1) is 0 Å². The fraction of sp³-hybridized carbons (Fsp3) is 0.846. The molecule has 0 fully saturated rings. The maximum atomic E-state index is 11.4. The average molecular weight is 293 g/mol. The van der Waals surface area contributed by atoms with Gasteiger partial charge < -0.3 is 19.1 Å². The number of rotatable bonds is 8. The van der Waals surface area contributed by atoms with Gasteiger partial charge in [-0.3, -0.25) is 0 Å². The topological polar surface area (TPSA) is 56.8 Å². The van der Waals surface area contributed by atoms with E-state index in [1.807, 2.05) is 27.4 Å². The summed E-state index contributed by atoms with van der Waals surface area (Å²) >= 11 is 0. The molecule has 19 heavy (non-hydrogen) atoms. The van der Waals surface area contributed by atoms with Crippen molar-refractivity contribution in [2.45, 2.75) is 46.1 Å². The number of carbonyl (C=O) groups is 1. The lowest BCUT2D eigenvalue weighted by atomic mass is 10.2. The van der Waals surface area contributed by atoms with Crippen LogP contribution in [0.25, 0.3) is 0 Å². The molecule has 0 saturated carbocycles. The quantitative estimate of drug-likeness (QED) is 0.551. The van der Waals surface area contributed by atoms with Crippen LogP contribution in [0.5, 0.6) is 0 Å². The molecular formula is C13H28NO4P. The summed E-state index contributed by atoms with van der Waals surface area (Å²) in [4.78, 5) is 11.4. The van der Waals surface area contributed by atoms with Crippen molar-refractivity contribution in [3.63, 3.8) is 0 Å². The van der Waals surface area contributed by atoms with Gasteiger partial charge in [-0.1, -0.05) is 19.6 Å². The van der Waals surface area contributed by atoms with E-state index in [0.29, 0.717) is 19.8 Å². The van der Waals surface area contributed by atoms with Crippen LogP contribution in [0.1, 0.15) is 40.5 Å². The predicted octanol–water partition coefficient (Wildman–Crippen LogP) is 3.25. The highest BCUT2D eigenvalue weighted by Crippen LogP contribution is 2.42. The second-order valence-corrected chi connectivity index (χ2v) is 8.01. The Bertz CT molecular complexity index is 312. The molecule has 5 nitrogen and oxygen atoms in total. The van der Waals surface area contributed by atoms with Crippen molar-refractivity contribution in [2.75, 3.05) is 26.4 Å². The third-order valence-corrected chi connectivity index (χ3v) is 3.45. The van der Waals surface area contributed by atoms with E-state index in [4.69, 9.17) is 13.8 Å². The molecule has 1 atom stereocenters. The van der Waals surface area contributed by atoms with E-state index in [1.165, 1.54) is 0 Å². The lowest BCUT2D eigenvalue weighted by Gasteiger charge is -2.21. The maximum absolute atomic E-state index is 11.4. The highest BCUT2D eigenvalue weighted by molar-refractivity contribution is 7.63. The molecular weight excluding hydrogens is 265 g/mol. The Morgan fingerprint density at radius 1 is 1.26 bits per heavy atom. The minimum absolute atomic E-state index is 0.374. The van der Waals surface area contributed by atoms with E-state index >= 15 is 0 Å². The van der Waals surface area contributed by atoms with Crippen molar-refractivity contribution in [3.05, 3.63) is 0 Å². The molecule has 0 aromatic rings. The molecule has 114 valence electrons. The lowest BCUT2D eigenvalue weighted by Crippen LogP contribution is -2.34. The van der Waals surface area contributed by atoms with Crippen LogP contribution < -0.4 is 5.32 Å². The highest BCUT2D eigenvalue weighted by atomic mass is 31.2. The fourth-order valence-corrected chi connectivity index (χ4v) is 2.21.